The van der Waals surface area contributed by atoms with E-state index in [1.165, 1.54) is 7.11 Å². The van der Waals surface area contributed by atoms with E-state index in [-0.39, 0.29) is 11.9 Å². The maximum absolute atomic E-state index is 11.3. The summed E-state index contributed by atoms with van der Waals surface area (Å²) in [6.45, 7) is 3.55. The summed E-state index contributed by atoms with van der Waals surface area (Å²) in [5, 5.41) is 0. The summed E-state index contributed by atoms with van der Waals surface area (Å²) >= 11 is 0. The summed E-state index contributed by atoms with van der Waals surface area (Å²) in [6.07, 6.45) is 2.04. The number of rotatable bonds is 2. The van der Waals surface area contributed by atoms with Crippen molar-refractivity contribution in [1.29, 1.82) is 0 Å². The average Bonchev–Trinajstić information content (AvgIpc) is 2.86. The molecular weight excluding hydrogens is 182 g/mol. The first kappa shape index (κ1) is 9.93. The van der Waals surface area contributed by atoms with Gasteiger partial charge in [0.05, 0.1) is 19.6 Å². The summed E-state index contributed by atoms with van der Waals surface area (Å²) in [7, 11) is 1.46. The lowest BCUT2D eigenvalue weighted by Gasteiger charge is -2.21. The third-order valence-corrected chi connectivity index (χ3v) is 3.18. The Bertz CT molecular complexity index is 213. The number of methoxy groups -OCH3 is 1. The fraction of sp³-hybridized carbons (Fsp3) is 0.900. The van der Waals surface area contributed by atoms with Crippen LogP contribution in [0.25, 0.3) is 0 Å². The maximum Gasteiger partial charge on any atom is 0.310 e. The normalized spacial score (nSPS) is 33.5. The highest BCUT2D eigenvalue weighted by Gasteiger charge is 2.34. The Kier molecular flexibility index (Phi) is 3.03. The van der Waals surface area contributed by atoms with Crippen molar-refractivity contribution in [3.05, 3.63) is 0 Å². The van der Waals surface area contributed by atoms with Crippen LogP contribution in [0.3, 0.4) is 0 Å². The highest BCUT2D eigenvalue weighted by atomic mass is 16.5. The Morgan fingerprint density at radius 3 is 3.00 bits per heavy atom. The predicted octanol–water partition coefficient (Wildman–Crippen LogP) is 0.270. The number of esters is 1. The van der Waals surface area contributed by atoms with Crippen LogP contribution in [-0.2, 0) is 14.3 Å². The van der Waals surface area contributed by atoms with E-state index in [4.69, 9.17) is 9.47 Å². The molecule has 4 nitrogen and oxygen atoms in total. The van der Waals surface area contributed by atoms with Crippen LogP contribution >= 0.6 is 0 Å². The Balaban J connectivity index is 1.84. The number of likely N-dealkylation sites (tertiary alicyclic amines) is 1. The highest BCUT2D eigenvalue weighted by Crippen LogP contribution is 2.23. The predicted molar refractivity (Wildman–Crippen MR) is 50.9 cm³/mol. The second-order valence-corrected chi connectivity index (χ2v) is 4.02. The lowest BCUT2D eigenvalue weighted by atomic mass is 10.1. The van der Waals surface area contributed by atoms with E-state index >= 15 is 0 Å². The molecule has 0 aromatic rings. The van der Waals surface area contributed by atoms with Crippen molar-refractivity contribution in [2.75, 3.05) is 33.4 Å². The summed E-state index contributed by atoms with van der Waals surface area (Å²) in [5.41, 5.74) is 0. The molecule has 2 rings (SSSR count). The summed E-state index contributed by atoms with van der Waals surface area (Å²) in [6, 6.07) is 0.532. The first-order valence-electron chi connectivity index (χ1n) is 5.21. The van der Waals surface area contributed by atoms with Gasteiger partial charge in [-0.05, 0) is 19.4 Å². The molecule has 0 saturated carbocycles. The topological polar surface area (TPSA) is 38.8 Å². The largest absolute Gasteiger partial charge is 0.469 e. The van der Waals surface area contributed by atoms with E-state index in [1.54, 1.807) is 0 Å². The summed E-state index contributed by atoms with van der Waals surface area (Å²) < 4.78 is 10.1. The molecule has 0 aromatic heterocycles. The van der Waals surface area contributed by atoms with Crippen LogP contribution in [0.1, 0.15) is 12.8 Å². The van der Waals surface area contributed by atoms with Crippen molar-refractivity contribution in [2.24, 2.45) is 5.92 Å². The summed E-state index contributed by atoms with van der Waals surface area (Å²) in [4.78, 5) is 13.7. The second kappa shape index (κ2) is 4.28. The molecule has 0 radical (unpaired) electrons. The third kappa shape index (κ3) is 1.91. The first-order chi connectivity index (χ1) is 6.81. The van der Waals surface area contributed by atoms with Gasteiger partial charge in [-0.2, -0.15) is 0 Å². The van der Waals surface area contributed by atoms with Gasteiger partial charge in [0.2, 0.25) is 0 Å². The van der Waals surface area contributed by atoms with Gasteiger partial charge in [0.15, 0.2) is 0 Å². The van der Waals surface area contributed by atoms with Crippen LogP contribution in [0.5, 0.6) is 0 Å². The van der Waals surface area contributed by atoms with Crippen molar-refractivity contribution in [3.63, 3.8) is 0 Å². The van der Waals surface area contributed by atoms with Gasteiger partial charge in [0.1, 0.15) is 0 Å². The monoisotopic (exact) mass is 199 g/mol. The number of hydrogen-bond acceptors (Lipinski definition) is 4. The molecule has 4 heteroatoms. The fourth-order valence-electron chi connectivity index (χ4n) is 2.29. The zero-order valence-electron chi connectivity index (χ0n) is 8.57. The van der Waals surface area contributed by atoms with Crippen LogP contribution in [0.2, 0.25) is 0 Å². The second-order valence-electron chi connectivity index (χ2n) is 4.02. The molecule has 2 heterocycles. The number of nitrogens with zero attached hydrogens (tertiary/aromatic N) is 1. The smallest absolute Gasteiger partial charge is 0.310 e. The number of hydrogen-bond donors (Lipinski definition) is 0. The minimum atomic E-state index is -0.0635. The molecule has 2 saturated heterocycles. The number of ether oxygens (including phenoxy) is 2. The molecule has 2 aliphatic heterocycles. The zero-order chi connectivity index (χ0) is 9.97. The van der Waals surface area contributed by atoms with E-state index in [2.05, 4.69) is 4.90 Å². The Hall–Kier alpha value is -0.610. The molecule has 0 aliphatic carbocycles. The lowest BCUT2D eigenvalue weighted by molar-refractivity contribution is -0.145. The molecule has 80 valence electrons. The van der Waals surface area contributed by atoms with Gasteiger partial charge >= 0.3 is 5.97 Å². The SMILES string of the molecule is COC(=O)C1CCN(C2CCOC2)C1. The summed E-state index contributed by atoms with van der Waals surface area (Å²) in [5.74, 6) is 0.0204. The van der Waals surface area contributed by atoms with Crippen LogP contribution in [0, 0.1) is 5.92 Å². The van der Waals surface area contributed by atoms with Gasteiger partial charge in [0, 0.05) is 19.2 Å². The van der Waals surface area contributed by atoms with Gasteiger partial charge in [-0.15, -0.1) is 0 Å². The molecule has 0 spiro atoms. The molecular formula is C10H17NO3. The van der Waals surface area contributed by atoms with Crippen molar-refractivity contribution in [3.8, 4) is 0 Å². The molecule has 0 amide bonds. The lowest BCUT2D eigenvalue weighted by Crippen LogP contribution is -2.34. The van der Waals surface area contributed by atoms with Gasteiger partial charge in [0.25, 0.3) is 0 Å². The maximum atomic E-state index is 11.3. The van der Waals surface area contributed by atoms with E-state index in [1.807, 2.05) is 0 Å². The minimum Gasteiger partial charge on any atom is -0.469 e. The quantitative estimate of drug-likeness (QED) is 0.598. The van der Waals surface area contributed by atoms with Gasteiger partial charge < -0.3 is 9.47 Å². The molecule has 0 aromatic carbocycles. The third-order valence-electron chi connectivity index (χ3n) is 3.18. The van der Waals surface area contributed by atoms with Crippen molar-refractivity contribution in [1.82, 2.24) is 4.90 Å². The van der Waals surface area contributed by atoms with Gasteiger partial charge in [-0.3, -0.25) is 9.69 Å². The molecule has 0 bridgehead atoms. The van der Waals surface area contributed by atoms with Crippen molar-refractivity contribution >= 4 is 5.97 Å². The van der Waals surface area contributed by atoms with E-state index in [0.717, 1.165) is 39.1 Å². The van der Waals surface area contributed by atoms with Gasteiger partial charge in [-0.1, -0.05) is 0 Å². The fourth-order valence-corrected chi connectivity index (χ4v) is 2.29. The van der Waals surface area contributed by atoms with Crippen LogP contribution in [-0.4, -0.2) is 50.3 Å². The molecule has 2 fully saturated rings. The number of carbonyl (C=O) groups is 1. The molecule has 0 N–H and O–H groups in total. The van der Waals surface area contributed by atoms with E-state index < -0.39 is 0 Å². The molecule has 2 atom stereocenters. The Morgan fingerprint density at radius 2 is 2.36 bits per heavy atom. The molecule has 2 unspecified atom stereocenters. The Labute approximate surface area is 84.2 Å². The standard InChI is InChI=1S/C10H17NO3/c1-13-10(12)8-2-4-11(6-8)9-3-5-14-7-9/h8-9H,2-7H2,1H3. The van der Waals surface area contributed by atoms with Crippen LogP contribution in [0.4, 0.5) is 0 Å². The first-order valence-corrected chi connectivity index (χ1v) is 5.21. The van der Waals surface area contributed by atoms with E-state index in [0.29, 0.717) is 6.04 Å². The minimum absolute atomic E-state index is 0.0635. The van der Waals surface area contributed by atoms with Crippen LogP contribution in [0.15, 0.2) is 0 Å². The molecule has 2 aliphatic rings. The van der Waals surface area contributed by atoms with Crippen molar-refractivity contribution < 1.29 is 14.3 Å². The Morgan fingerprint density at radius 1 is 1.50 bits per heavy atom. The molecule has 14 heavy (non-hydrogen) atoms. The van der Waals surface area contributed by atoms with E-state index in [9.17, 15) is 4.79 Å². The highest BCUT2D eigenvalue weighted by molar-refractivity contribution is 5.72. The average molecular weight is 199 g/mol. The van der Waals surface area contributed by atoms with Crippen LogP contribution < -0.4 is 0 Å². The zero-order valence-corrected chi connectivity index (χ0v) is 8.57. The van der Waals surface area contributed by atoms with Crippen molar-refractivity contribution in [2.45, 2.75) is 18.9 Å². The van der Waals surface area contributed by atoms with Gasteiger partial charge in [-0.25, -0.2) is 0 Å². The number of carbonyl (C=O) groups excluding carboxylic acids is 1.